The topological polar surface area (TPSA) is 84.0 Å². The third kappa shape index (κ3) is 4.16. The van der Waals surface area contributed by atoms with E-state index in [9.17, 15) is 19.2 Å². The van der Waals surface area contributed by atoms with Gasteiger partial charge in [-0.1, -0.05) is 25.1 Å². The minimum absolute atomic E-state index is 0.0211. The first-order valence-electron chi connectivity index (χ1n) is 12.0. The standard InChI is InChI=1S/C28H28N2O5/c1-16-11-17(2)13-21(12-16)29-15-19(14-24(29)31)28(34)35-22-9-7-20(8-10-22)30-26(32)23-6-4-5-18(3)25(23)27(30)33/h4-5,7-13,18-19,23,25H,6,14-15H2,1-3H3/t18-,19-,23+,25+/m1/s1. The van der Waals surface area contributed by atoms with Crippen LogP contribution < -0.4 is 14.5 Å². The van der Waals surface area contributed by atoms with Gasteiger partial charge in [0.25, 0.3) is 0 Å². The maximum Gasteiger partial charge on any atom is 0.316 e. The van der Waals surface area contributed by atoms with E-state index in [1.165, 1.54) is 4.90 Å². The highest BCUT2D eigenvalue weighted by Crippen LogP contribution is 2.40. The molecule has 0 aromatic heterocycles. The molecule has 5 rings (SSSR count). The van der Waals surface area contributed by atoms with Crippen LogP contribution in [0.2, 0.25) is 0 Å². The van der Waals surface area contributed by atoms with Gasteiger partial charge < -0.3 is 9.64 Å². The summed E-state index contributed by atoms with van der Waals surface area (Å²) in [6.07, 6.45) is 4.63. The second-order valence-corrected chi connectivity index (χ2v) is 9.83. The summed E-state index contributed by atoms with van der Waals surface area (Å²) in [6, 6.07) is 12.3. The Kier molecular flexibility index (Phi) is 5.79. The van der Waals surface area contributed by atoms with Crippen molar-refractivity contribution in [3.63, 3.8) is 0 Å². The second kappa shape index (κ2) is 8.80. The van der Waals surface area contributed by atoms with Crippen molar-refractivity contribution in [2.75, 3.05) is 16.3 Å². The van der Waals surface area contributed by atoms with Gasteiger partial charge in [-0.05, 0) is 73.7 Å². The summed E-state index contributed by atoms with van der Waals surface area (Å²) < 4.78 is 5.55. The molecule has 3 amide bonds. The number of aryl methyl sites for hydroxylation is 2. The molecule has 2 fully saturated rings. The molecule has 180 valence electrons. The van der Waals surface area contributed by atoms with Crippen LogP contribution in [0.4, 0.5) is 11.4 Å². The lowest BCUT2D eigenvalue weighted by Gasteiger charge is -2.22. The number of ether oxygens (including phenoxy) is 1. The quantitative estimate of drug-likeness (QED) is 0.291. The number of anilines is 2. The summed E-state index contributed by atoms with van der Waals surface area (Å²) in [7, 11) is 0. The zero-order valence-electron chi connectivity index (χ0n) is 20.1. The molecule has 2 saturated heterocycles. The molecule has 0 bridgehead atoms. The Labute approximate surface area is 204 Å². The molecule has 4 atom stereocenters. The minimum Gasteiger partial charge on any atom is -0.426 e. The predicted molar refractivity (Wildman–Crippen MR) is 131 cm³/mol. The molecule has 0 spiro atoms. The molecule has 3 aliphatic rings. The van der Waals surface area contributed by atoms with Gasteiger partial charge in [0.2, 0.25) is 17.7 Å². The van der Waals surface area contributed by atoms with Crippen molar-refractivity contribution in [3.8, 4) is 5.75 Å². The van der Waals surface area contributed by atoms with Crippen LogP contribution >= 0.6 is 0 Å². The number of benzene rings is 2. The van der Waals surface area contributed by atoms with Crippen molar-refractivity contribution < 1.29 is 23.9 Å². The number of imide groups is 1. The Morgan fingerprint density at radius 2 is 1.63 bits per heavy atom. The van der Waals surface area contributed by atoms with Gasteiger partial charge in [0.15, 0.2) is 0 Å². The monoisotopic (exact) mass is 472 g/mol. The normalized spacial score (nSPS) is 25.9. The number of allylic oxidation sites excluding steroid dienone is 2. The molecule has 0 radical (unpaired) electrons. The molecule has 2 aromatic rings. The zero-order chi connectivity index (χ0) is 24.9. The van der Waals surface area contributed by atoms with Gasteiger partial charge in [0.05, 0.1) is 23.4 Å². The Bertz CT molecular complexity index is 1230. The second-order valence-electron chi connectivity index (χ2n) is 9.83. The fourth-order valence-electron chi connectivity index (χ4n) is 5.49. The van der Waals surface area contributed by atoms with Crippen LogP contribution in [0.15, 0.2) is 54.6 Å². The molecule has 2 aromatic carbocycles. The summed E-state index contributed by atoms with van der Waals surface area (Å²) in [4.78, 5) is 54.1. The van der Waals surface area contributed by atoms with E-state index in [-0.39, 0.29) is 48.4 Å². The van der Waals surface area contributed by atoms with Gasteiger partial charge in [-0.25, -0.2) is 0 Å². The highest BCUT2D eigenvalue weighted by Gasteiger charge is 2.50. The largest absolute Gasteiger partial charge is 0.426 e. The van der Waals surface area contributed by atoms with Gasteiger partial charge >= 0.3 is 5.97 Å². The number of nitrogens with zero attached hydrogens (tertiary/aromatic N) is 2. The number of rotatable bonds is 4. The molecule has 2 aliphatic heterocycles. The first-order chi connectivity index (χ1) is 16.7. The van der Waals surface area contributed by atoms with Gasteiger partial charge in [-0.15, -0.1) is 0 Å². The number of hydrogen-bond donors (Lipinski definition) is 0. The molecular formula is C28H28N2O5. The van der Waals surface area contributed by atoms with Gasteiger partial charge in [-0.2, -0.15) is 0 Å². The Morgan fingerprint density at radius 1 is 0.943 bits per heavy atom. The van der Waals surface area contributed by atoms with E-state index >= 15 is 0 Å². The molecule has 0 unspecified atom stereocenters. The lowest BCUT2D eigenvalue weighted by molar-refractivity contribution is -0.139. The minimum atomic E-state index is -0.568. The molecule has 2 heterocycles. The maximum atomic E-state index is 13.0. The van der Waals surface area contributed by atoms with Crippen LogP contribution in [0.5, 0.6) is 5.75 Å². The van der Waals surface area contributed by atoms with E-state index in [1.807, 2.05) is 51.1 Å². The average Bonchev–Trinajstić information content (AvgIpc) is 3.32. The third-order valence-electron chi connectivity index (χ3n) is 7.16. The van der Waals surface area contributed by atoms with E-state index in [4.69, 9.17) is 4.74 Å². The van der Waals surface area contributed by atoms with Crippen LogP contribution in [0, 0.1) is 37.5 Å². The van der Waals surface area contributed by atoms with Crippen LogP contribution in [0.3, 0.4) is 0 Å². The summed E-state index contributed by atoms with van der Waals surface area (Å²) in [5.74, 6) is -1.84. The lowest BCUT2D eigenvalue weighted by atomic mass is 9.78. The van der Waals surface area contributed by atoms with Gasteiger partial charge in [-0.3, -0.25) is 24.1 Å². The molecular weight excluding hydrogens is 444 g/mol. The Morgan fingerprint density at radius 3 is 2.29 bits per heavy atom. The SMILES string of the molecule is Cc1cc(C)cc(N2C[C@H](C(=O)Oc3ccc(N4C(=O)[C@H]5[C@H](C)C=CC[C@@H]5C4=O)cc3)CC2=O)c1. The smallest absolute Gasteiger partial charge is 0.316 e. The number of fused-ring (bicyclic) bond motifs is 1. The Hall–Kier alpha value is -3.74. The van der Waals surface area contributed by atoms with Crippen LogP contribution in [0.1, 0.15) is 30.9 Å². The van der Waals surface area contributed by atoms with Crippen LogP contribution in [-0.2, 0) is 19.2 Å². The summed E-state index contributed by atoms with van der Waals surface area (Å²) in [6.45, 7) is 6.17. The number of carbonyl (C=O) groups excluding carboxylic acids is 4. The summed E-state index contributed by atoms with van der Waals surface area (Å²) in [5, 5.41) is 0. The van der Waals surface area contributed by atoms with Crippen LogP contribution in [0.25, 0.3) is 0 Å². The number of esters is 1. The van der Waals surface area contributed by atoms with E-state index in [0.29, 0.717) is 17.9 Å². The third-order valence-corrected chi connectivity index (χ3v) is 7.16. The zero-order valence-corrected chi connectivity index (χ0v) is 20.1. The molecule has 0 N–H and O–H groups in total. The van der Waals surface area contributed by atoms with Crippen molar-refractivity contribution in [3.05, 3.63) is 65.7 Å². The fraction of sp³-hybridized carbons (Fsp3) is 0.357. The van der Waals surface area contributed by atoms with E-state index in [2.05, 4.69) is 0 Å². The van der Waals surface area contributed by atoms with Gasteiger partial charge in [0, 0.05) is 18.7 Å². The van der Waals surface area contributed by atoms with Gasteiger partial charge in [0.1, 0.15) is 5.75 Å². The van der Waals surface area contributed by atoms with Crippen LogP contribution in [-0.4, -0.2) is 30.2 Å². The first kappa shape index (κ1) is 23.0. The molecule has 35 heavy (non-hydrogen) atoms. The molecule has 7 nitrogen and oxygen atoms in total. The number of carbonyl (C=O) groups is 4. The van der Waals surface area contributed by atoms with E-state index in [0.717, 1.165) is 16.8 Å². The fourth-order valence-corrected chi connectivity index (χ4v) is 5.49. The number of amides is 3. The summed E-state index contributed by atoms with van der Waals surface area (Å²) in [5.41, 5.74) is 3.37. The maximum absolute atomic E-state index is 13.0. The molecule has 1 aliphatic carbocycles. The predicted octanol–water partition coefficient (Wildman–Crippen LogP) is 3.96. The van der Waals surface area contributed by atoms with Crippen molar-refractivity contribution in [2.24, 2.45) is 23.7 Å². The highest BCUT2D eigenvalue weighted by atomic mass is 16.5. The van der Waals surface area contributed by atoms with E-state index in [1.54, 1.807) is 29.2 Å². The van der Waals surface area contributed by atoms with Crippen molar-refractivity contribution in [2.45, 2.75) is 33.6 Å². The molecule has 0 saturated carbocycles. The van der Waals surface area contributed by atoms with Crippen molar-refractivity contribution in [1.29, 1.82) is 0 Å². The molecule has 7 heteroatoms. The summed E-state index contributed by atoms with van der Waals surface area (Å²) >= 11 is 0. The number of hydrogen-bond acceptors (Lipinski definition) is 5. The average molecular weight is 473 g/mol. The van der Waals surface area contributed by atoms with Crippen molar-refractivity contribution >= 4 is 35.1 Å². The Balaban J connectivity index is 1.25. The first-order valence-corrected chi connectivity index (χ1v) is 12.0. The van der Waals surface area contributed by atoms with Crippen molar-refractivity contribution in [1.82, 2.24) is 0 Å². The highest BCUT2D eigenvalue weighted by molar-refractivity contribution is 6.22. The van der Waals surface area contributed by atoms with E-state index < -0.39 is 11.9 Å². The lowest BCUT2D eigenvalue weighted by Crippen LogP contribution is -2.31.